The van der Waals surface area contributed by atoms with E-state index in [1.54, 1.807) is 4.90 Å². The number of piperazine rings is 1. The van der Waals surface area contributed by atoms with Gasteiger partial charge in [0.25, 0.3) is 5.92 Å². The molecule has 2 N–H and O–H groups in total. The van der Waals surface area contributed by atoms with Gasteiger partial charge in [-0.3, -0.25) is 4.90 Å². The third kappa shape index (κ3) is 5.39. The Hall–Kier alpha value is -4.21. The summed E-state index contributed by atoms with van der Waals surface area (Å²) in [6, 6.07) is 6.47. The van der Waals surface area contributed by atoms with Crippen molar-refractivity contribution in [2.24, 2.45) is 5.41 Å². The number of aromatic nitrogens is 2. The molecule has 3 aliphatic heterocycles. The molecule has 3 aromatic carbocycles. The van der Waals surface area contributed by atoms with E-state index in [-0.39, 0.29) is 76.2 Å². The lowest BCUT2D eigenvalue weighted by atomic mass is 9.92. The zero-order valence-electron chi connectivity index (χ0n) is 25.4. The molecule has 3 saturated heterocycles. The highest BCUT2D eigenvalue weighted by atomic mass is 19.3. The van der Waals surface area contributed by atoms with Crippen molar-refractivity contribution in [1.82, 2.24) is 20.2 Å². The Morgan fingerprint density at radius 2 is 1.79 bits per heavy atom. The summed E-state index contributed by atoms with van der Waals surface area (Å²) < 4.78 is 81.7. The number of likely N-dealkylation sites (tertiary alicyclic amines) is 1. The maximum Gasteiger partial charge on any atom is 0.319 e. The van der Waals surface area contributed by atoms with Crippen molar-refractivity contribution >= 4 is 27.5 Å². The number of aromatic hydroxyl groups is 1. The van der Waals surface area contributed by atoms with E-state index in [1.165, 1.54) is 12.1 Å². The molecule has 1 aliphatic carbocycles. The predicted octanol–water partition coefficient (Wildman–Crippen LogP) is 5.99. The van der Waals surface area contributed by atoms with Crippen LogP contribution < -0.4 is 15.0 Å². The molecule has 0 radical (unpaired) electrons. The molecule has 4 fully saturated rings. The third-order valence-electron chi connectivity index (χ3n) is 10.1. The van der Waals surface area contributed by atoms with E-state index < -0.39 is 28.9 Å². The van der Waals surface area contributed by atoms with E-state index in [1.807, 2.05) is 4.90 Å². The van der Waals surface area contributed by atoms with Gasteiger partial charge >= 0.3 is 6.01 Å². The molecule has 2 unspecified atom stereocenters. The Bertz CT molecular complexity index is 1960. The lowest BCUT2D eigenvalue weighted by molar-refractivity contribution is 0.00932. The first kappa shape index (κ1) is 30.1. The topological polar surface area (TPSA) is 73.8 Å². The van der Waals surface area contributed by atoms with Crippen LogP contribution in [-0.4, -0.2) is 77.3 Å². The van der Waals surface area contributed by atoms with Gasteiger partial charge in [-0.2, -0.15) is 9.97 Å². The minimum Gasteiger partial charge on any atom is -0.508 e. The number of phenols is 1. The molecule has 4 aliphatic rings. The van der Waals surface area contributed by atoms with Crippen LogP contribution in [0.25, 0.3) is 32.8 Å². The predicted molar refractivity (Wildman–Crippen MR) is 167 cm³/mol. The van der Waals surface area contributed by atoms with Crippen molar-refractivity contribution in [1.29, 1.82) is 0 Å². The van der Waals surface area contributed by atoms with Crippen molar-refractivity contribution in [2.45, 2.75) is 50.1 Å². The minimum atomic E-state index is -2.70. The summed E-state index contributed by atoms with van der Waals surface area (Å²) in [5, 5.41) is 14.6. The SMILES string of the molecule is C#Cc1c(F)ccc2cc(O)cc(-c3c(F)cc4c(N5CC6CCC(C5)N6)nc(OCC5(CN6CCC(F)(F)C6)CC5)nc4c3F)c12. The Balaban J connectivity index is 1.23. The summed E-state index contributed by atoms with van der Waals surface area (Å²) in [6.45, 7) is 1.78. The van der Waals surface area contributed by atoms with Crippen molar-refractivity contribution in [3.63, 3.8) is 0 Å². The van der Waals surface area contributed by atoms with Gasteiger partial charge in [-0.05, 0) is 55.3 Å². The van der Waals surface area contributed by atoms with Crippen LogP contribution in [0, 0.1) is 35.2 Å². The van der Waals surface area contributed by atoms with Gasteiger partial charge in [0.05, 0.1) is 24.3 Å². The van der Waals surface area contributed by atoms with Crippen molar-refractivity contribution < 1.29 is 31.8 Å². The van der Waals surface area contributed by atoms with Crippen LogP contribution in [0.4, 0.5) is 27.8 Å². The normalized spacial score (nSPS) is 23.0. The van der Waals surface area contributed by atoms with Gasteiger partial charge in [0.2, 0.25) is 0 Å². The molecule has 7 nitrogen and oxygen atoms in total. The molecule has 1 aromatic heterocycles. The van der Waals surface area contributed by atoms with Gasteiger partial charge < -0.3 is 20.1 Å². The Morgan fingerprint density at radius 3 is 2.47 bits per heavy atom. The highest BCUT2D eigenvalue weighted by molar-refractivity contribution is 6.04. The molecular weight excluding hydrogens is 617 g/mol. The number of benzene rings is 3. The summed E-state index contributed by atoms with van der Waals surface area (Å²) in [5.74, 6) is -3.11. The number of halogens is 5. The molecule has 2 bridgehead atoms. The molecule has 2 atom stereocenters. The first-order chi connectivity index (χ1) is 22.5. The van der Waals surface area contributed by atoms with Gasteiger partial charge in [-0.1, -0.05) is 12.0 Å². The zero-order chi connectivity index (χ0) is 32.7. The highest BCUT2D eigenvalue weighted by Crippen LogP contribution is 2.48. The summed E-state index contributed by atoms with van der Waals surface area (Å²) in [7, 11) is 0. The van der Waals surface area contributed by atoms with Crippen LogP contribution in [0.15, 0.2) is 30.3 Å². The monoisotopic (exact) mass is 649 g/mol. The van der Waals surface area contributed by atoms with E-state index >= 15 is 8.78 Å². The smallest absolute Gasteiger partial charge is 0.319 e. The van der Waals surface area contributed by atoms with E-state index in [4.69, 9.17) is 11.2 Å². The lowest BCUT2D eigenvalue weighted by Gasteiger charge is -2.34. The van der Waals surface area contributed by atoms with Crippen LogP contribution in [0.1, 0.15) is 37.7 Å². The van der Waals surface area contributed by atoms with Gasteiger partial charge in [0.15, 0.2) is 5.82 Å². The number of nitrogens with one attached hydrogen (secondary N) is 1. The number of anilines is 1. The maximum atomic E-state index is 16.8. The third-order valence-corrected chi connectivity index (χ3v) is 10.1. The second-order valence-corrected chi connectivity index (χ2v) is 13.6. The number of terminal acetylenes is 1. The van der Waals surface area contributed by atoms with Gasteiger partial charge in [0, 0.05) is 66.4 Å². The summed E-state index contributed by atoms with van der Waals surface area (Å²) >= 11 is 0. The quantitative estimate of drug-likeness (QED) is 0.188. The van der Waals surface area contributed by atoms with E-state index in [0.29, 0.717) is 37.4 Å². The van der Waals surface area contributed by atoms with Crippen LogP contribution in [-0.2, 0) is 0 Å². The molecule has 47 heavy (non-hydrogen) atoms. The molecule has 12 heteroatoms. The van der Waals surface area contributed by atoms with Gasteiger partial charge in [-0.15, -0.1) is 6.42 Å². The molecule has 0 spiro atoms. The molecular formula is C35H32F5N5O2. The van der Waals surface area contributed by atoms with E-state index in [2.05, 4.69) is 21.2 Å². The van der Waals surface area contributed by atoms with E-state index in [0.717, 1.165) is 43.9 Å². The van der Waals surface area contributed by atoms with Crippen molar-refractivity contribution in [3.8, 4) is 35.2 Å². The molecule has 0 amide bonds. The second kappa shape index (κ2) is 10.9. The number of rotatable bonds is 7. The second-order valence-electron chi connectivity index (χ2n) is 13.6. The fourth-order valence-corrected chi connectivity index (χ4v) is 7.60. The first-order valence-corrected chi connectivity index (χ1v) is 15.9. The Labute approximate surface area is 267 Å². The summed E-state index contributed by atoms with van der Waals surface area (Å²) in [6.07, 6.45) is 8.98. The van der Waals surface area contributed by atoms with Crippen LogP contribution in [0.5, 0.6) is 11.8 Å². The first-order valence-electron chi connectivity index (χ1n) is 15.9. The average molecular weight is 650 g/mol. The highest BCUT2D eigenvalue weighted by Gasteiger charge is 2.48. The van der Waals surface area contributed by atoms with E-state index in [9.17, 15) is 18.3 Å². The van der Waals surface area contributed by atoms with Gasteiger partial charge in [0.1, 0.15) is 28.7 Å². The number of ether oxygens (including phenoxy) is 1. The van der Waals surface area contributed by atoms with Crippen LogP contribution >= 0.6 is 0 Å². The molecule has 4 aromatic rings. The van der Waals surface area contributed by atoms with Crippen molar-refractivity contribution in [2.75, 3.05) is 44.2 Å². The largest absolute Gasteiger partial charge is 0.508 e. The minimum absolute atomic E-state index is 0.0787. The zero-order valence-corrected chi connectivity index (χ0v) is 25.4. The lowest BCUT2D eigenvalue weighted by Crippen LogP contribution is -2.51. The standard InChI is InChI=1S/C35H32F5N5O2/c1-2-23-26(36)6-3-19-11-22(46)12-24(28(19)23)29-27(37)13-25-31(30(29)38)42-33(43-32(25)45-14-20-4-5-21(15-45)41-20)47-18-34(7-8-34)16-44-10-9-35(39,40)17-44/h1,3,6,11-13,20-21,41,46H,4-5,7-10,14-18H2. The van der Waals surface area contributed by atoms with Gasteiger partial charge in [-0.25, -0.2) is 22.0 Å². The van der Waals surface area contributed by atoms with Crippen molar-refractivity contribution in [3.05, 3.63) is 53.3 Å². The number of phenolic OH excluding ortho intramolecular Hbond substituents is 1. The number of fused-ring (bicyclic) bond motifs is 4. The summed E-state index contributed by atoms with van der Waals surface area (Å²) in [4.78, 5) is 12.8. The average Bonchev–Trinajstić information content (AvgIpc) is 3.59. The number of nitrogens with zero attached hydrogens (tertiary/aromatic N) is 4. The fraction of sp³-hybridized carbons (Fsp3) is 0.429. The number of hydrogen-bond acceptors (Lipinski definition) is 7. The molecule has 244 valence electrons. The Kier molecular flexibility index (Phi) is 7.00. The summed E-state index contributed by atoms with van der Waals surface area (Å²) in [5.41, 5.74) is -1.37. The molecule has 1 saturated carbocycles. The molecule has 4 heterocycles. The fourth-order valence-electron chi connectivity index (χ4n) is 7.60. The molecule has 8 rings (SSSR count). The number of alkyl halides is 2. The number of hydrogen-bond donors (Lipinski definition) is 2. The Morgan fingerprint density at radius 1 is 1.02 bits per heavy atom. The maximum absolute atomic E-state index is 16.8. The van der Waals surface area contributed by atoms with Crippen LogP contribution in [0.3, 0.4) is 0 Å². The van der Waals surface area contributed by atoms with Crippen LogP contribution in [0.2, 0.25) is 0 Å².